The molecule has 3 rings (SSSR count). The number of aromatic nitrogens is 2. The molecule has 0 aliphatic rings. The fraction of sp³-hybridized carbons (Fsp3) is 0.222. The molecule has 0 atom stereocenters. The van der Waals surface area contributed by atoms with E-state index < -0.39 is 0 Å². The van der Waals surface area contributed by atoms with Crippen LogP contribution in [0.4, 0.5) is 11.5 Å². The number of benzene rings is 2. The summed E-state index contributed by atoms with van der Waals surface area (Å²) in [5.74, 6) is 1.04. The number of anilines is 2. The Morgan fingerprint density at radius 1 is 1.14 bits per heavy atom. The molecule has 0 aliphatic carbocycles. The van der Waals surface area contributed by atoms with Gasteiger partial charge in [-0.05, 0) is 49.1 Å². The number of aromatic hydroxyl groups is 1. The van der Waals surface area contributed by atoms with Crippen LogP contribution in [0.3, 0.4) is 0 Å². The highest BCUT2D eigenvalue weighted by molar-refractivity contribution is 5.92. The normalized spacial score (nSPS) is 10.9. The van der Waals surface area contributed by atoms with E-state index in [-0.39, 0.29) is 5.75 Å². The number of hydrogen-bond donors (Lipinski definition) is 2. The average Bonchev–Trinajstić information content (AvgIpc) is 2.51. The van der Waals surface area contributed by atoms with Gasteiger partial charge < -0.3 is 10.4 Å². The lowest BCUT2D eigenvalue weighted by molar-refractivity contribution is 0.469. The summed E-state index contributed by atoms with van der Waals surface area (Å²) < 4.78 is 0. The van der Waals surface area contributed by atoms with Gasteiger partial charge in [-0.15, -0.1) is 0 Å². The summed E-state index contributed by atoms with van der Waals surface area (Å²) in [6, 6.07) is 9.81. The molecule has 2 aromatic carbocycles. The van der Waals surface area contributed by atoms with Crippen molar-refractivity contribution < 1.29 is 5.11 Å². The first kappa shape index (κ1) is 14.3. The van der Waals surface area contributed by atoms with Crippen molar-refractivity contribution in [3.63, 3.8) is 0 Å². The van der Waals surface area contributed by atoms with Gasteiger partial charge in [0.2, 0.25) is 0 Å². The van der Waals surface area contributed by atoms with Crippen LogP contribution in [0.5, 0.6) is 5.75 Å². The molecule has 0 saturated heterocycles. The first-order valence-corrected chi connectivity index (χ1v) is 7.40. The molecule has 0 fully saturated rings. The molecular weight excluding hydrogens is 274 g/mol. The highest BCUT2D eigenvalue weighted by atomic mass is 16.3. The number of hydrogen-bond acceptors (Lipinski definition) is 4. The van der Waals surface area contributed by atoms with Gasteiger partial charge in [-0.1, -0.05) is 19.1 Å². The Balaban J connectivity index is 2.12. The van der Waals surface area contributed by atoms with E-state index in [0.29, 0.717) is 0 Å². The van der Waals surface area contributed by atoms with Crippen LogP contribution in [-0.4, -0.2) is 15.1 Å². The Labute approximate surface area is 129 Å². The minimum atomic E-state index is 0.284. The van der Waals surface area contributed by atoms with Crippen molar-refractivity contribution in [3.05, 3.63) is 53.3 Å². The fourth-order valence-corrected chi connectivity index (χ4v) is 2.53. The molecule has 3 aromatic rings. The summed E-state index contributed by atoms with van der Waals surface area (Å²) in [5.41, 5.74) is 5.09. The van der Waals surface area contributed by atoms with Crippen LogP contribution in [-0.2, 0) is 6.42 Å². The molecule has 2 N–H and O–H groups in total. The second-order valence-corrected chi connectivity index (χ2v) is 5.45. The Morgan fingerprint density at radius 3 is 2.73 bits per heavy atom. The van der Waals surface area contributed by atoms with Crippen molar-refractivity contribution >= 4 is 22.4 Å². The molecule has 0 saturated carbocycles. The summed E-state index contributed by atoms with van der Waals surface area (Å²) >= 11 is 0. The largest absolute Gasteiger partial charge is 0.508 e. The molecule has 0 amide bonds. The van der Waals surface area contributed by atoms with Crippen molar-refractivity contribution in [3.8, 4) is 5.75 Å². The molecule has 0 unspecified atom stereocenters. The number of phenols is 1. The topological polar surface area (TPSA) is 58.0 Å². The van der Waals surface area contributed by atoms with E-state index >= 15 is 0 Å². The van der Waals surface area contributed by atoms with Crippen LogP contribution < -0.4 is 5.32 Å². The minimum Gasteiger partial charge on any atom is -0.508 e. The van der Waals surface area contributed by atoms with Crippen molar-refractivity contribution in [2.75, 3.05) is 5.32 Å². The van der Waals surface area contributed by atoms with E-state index in [1.54, 1.807) is 6.07 Å². The lowest BCUT2D eigenvalue weighted by atomic mass is 10.1. The molecule has 0 bridgehead atoms. The average molecular weight is 293 g/mol. The van der Waals surface area contributed by atoms with Crippen molar-refractivity contribution in [2.45, 2.75) is 27.2 Å². The molecule has 0 spiro atoms. The highest BCUT2D eigenvalue weighted by Gasteiger charge is 2.10. The highest BCUT2D eigenvalue weighted by Crippen LogP contribution is 2.30. The van der Waals surface area contributed by atoms with Gasteiger partial charge in [0.1, 0.15) is 17.9 Å². The zero-order valence-electron chi connectivity index (χ0n) is 13.0. The van der Waals surface area contributed by atoms with Crippen molar-refractivity contribution in [2.24, 2.45) is 0 Å². The maximum Gasteiger partial charge on any atom is 0.141 e. The van der Waals surface area contributed by atoms with Gasteiger partial charge in [0.25, 0.3) is 0 Å². The number of fused-ring (bicyclic) bond motifs is 1. The van der Waals surface area contributed by atoms with Gasteiger partial charge in [-0.3, -0.25) is 0 Å². The molecule has 22 heavy (non-hydrogen) atoms. The summed E-state index contributed by atoms with van der Waals surface area (Å²) in [6.07, 6.45) is 2.28. The SMILES string of the molecule is CCc1cc2c(Nc3cccc(C)c3C)ncnc2cc1O. The second kappa shape index (κ2) is 5.64. The van der Waals surface area contributed by atoms with E-state index in [0.717, 1.165) is 34.4 Å². The smallest absolute Gasteiger partial charge is 0.141 e. The Bertz CT molecular complexity index is 843. The molecule has 4 nitrogen and oxygen atoms in total. The third-order valence-corrected chi connectivity index (χ3v) is 4.07. The summed E-state index contributed by atoms with van der Waals surface area (Å²) in [7, 11) is 0. The molecule has 1 aromatic heterocycles. The van der Waals surface area contributed by atoms with E-state index in [2.05, 4.69) is 35.2 Å². The lowest BCUT2D eigenvalue weighted by Crippen LogP contribution is -1.99. The first-order chi connectivity index (χ1) is 10.6. The Kier molecular flexibility index (Phi) is 3.67. The number of nitrogens with one attached hydrogen (secondary N) is 1. The van der Waals surface area contributed by atoms with Crippen LogP contribution in [0, 0.1) is 13.8 Å². The predicted octanol–water partition coefficient (Wildman–Crippen LogP) is 4.26. The zero-order valence-corrected chi connectivity index (χ0v) is 13.0. The summed E-state index contributed by atoms with van der Waals surface area (Å²) in [4.78, 5) is 8.62. The predicted molar refractivity (Wildman–Crippen MR) is 89.8 cm³/mol. The van der Waals surface area contributed by atoms with Crippen LogP contribution in [0.25, 0.3) is 10.9 Å². The molecule has 1 heterocycles. The van der Waals surface area contributed by atoms with E-state index in [1.807, 2.05) is 25.1 Å². The maximum absolute atomic E-state index is 9.99. The standard InChI is InChI=1S/C18H19N3O/c1-4-13-8-14-16(9-17(13)22)19-10-20-18(14)21-15-7-5-6-11(2)12(15)3/h5-10,22H,4H2,1-3H3,(H,19,20,21). The minimum absolute atomic E-state index is 0.284. The molecule has 0 radical (unpaired) electrons. The maximum atomic E-state index is 9.99. The number of phenolic OH excluding ortho intramolecular Hbond substituents is 1. The van der Waals surface area contributed by atoms with E-state index in [4.69, 9.17) is 0 Å². The molecule has 112 valence electrons. The van der Waals surface area contributed by atoms with Gasteiger partial charge in [0.05, 0.1) is 5.52 Å². The van der Waals surface area contributed by atoms with E-state index in [1.165, 1.54) is 17.5 Å². The monoisotopic (exact) mass is 293 g/mol. The van der Waals surface area contributed by atoms with Gasteiger partial charge in [0.15, 0.2) is 0 Å². The quantitative estimate of drug-likeness (QED) is 0.757. The summed E-state index contributed by atoms with van der Waals surface area (Å²) in [5, 5.41) is 14.3. The first-order valence-electron chi connectivity index (χ1n) is 7.40. The third kappa shape index (κ3) is 2.48. The van der Waals surface area contributed by atoms with Crippen molar-refractivity contribution in [1.29, 1.82) is 0 Å². The molecular formula is C18H19N3O. The second-order valence-electron chi connectivity index (χ2n) is 5.45. The van der Waals surface area contributed by atoms with Crippen molar-refractivity contribution in [1.82, 2.24) is 9.97 Å². The van der Waals surface area contributed by atoms with Gasteiger partial charge in [-0.25, -0.2) is 9.97 Å². The van der Waals surface area contributed by atoms with Crippen LogP contribution in [0.1, 0.15) is 23.6 Å². The summed E-state index contributed by atoms with van der Waals surface area (Å²) in [6.45, 7) is 6.19. The Morgan fingerprint density at radius 2 is 1.95 bits per heavy atom. The lowest BCUT2D eigenvalue weighted by Gasteiger charge is -2.13. The van der Waals surface area contributed by atoms with E-state index in [9.17, 15) is 5.11 Å². The number of nitrogens with zero attached hydrogens (tertiary/aromatic N) is 2. The number of rotatable bonds is 3. The fourth-order valence-electron chi connectivity index (χ4n) is 2.53. The van der Waals surface area contributed by atoms with Crippen LogP contribution in [0.15, 0.2) is 36.7 Å². The number of aryl methyl sites for hydroxylation is 2. The van der Waals surface area contributed by atoms with Crippen LogP contribution >= 0.6 is 0 Å². The zero-order chi connectivity index (χ0) is 15.7. The molecule has 0 aliphatic heterocycles. The van der Waals surface area contributed by atoms with Gasteiger partial charge in [0, 0.05) is 17.1 Å². The third-order valence-electron chi connectivity index (χ3n) is 4.07. The molecule has 4 heteroatoms. The van der Waals surface area contributed by atoms with Gasteiger partial charge >= 0.3 is 0 Å². The van der Waals surface area contributed by atoms with Gasteiger partial charge in [-0.2, -0.15) is 0 Å². The Hall–Kier alpha value is -2.62. The van der Waals surface area contributed by atoms with Crippen LogP contribution in [0.2, 0.25) is 0 Å².